The molecule has 0 spiro atoms. The number of likely N-dealkylation sites (N-methyl/N-ethyl adjacent to an activating group) is 1. The number of fused-ring (bicyclic) bond motifs is 1. The van der Waals surface area contributed by atoms with E-state index in [-0.39, 0.29) is 0 Å². The number of carboxylic acid groups (broad SMARTS) is 1. The number of hydrogen-bond acceptors (Lipinski definition) is 2. The molecule has 0 bridgehead atoms. The molecular weight excluding hydrogens is 226 g/mol. The molecule has 94 valence electrons. The van der Waals surface area contributed by atoms with Gasteiger partial charge in [-0.2, -0.15) is 0 Å². The van der Waals surface area contributed by atoms with Gasteiger partial charge in [-0.25, -0.2) is 0 Å². The zero-order valence-corrected chi connectivity index (χ0v) is 10.4. The van der Waals surface area contributed by atoms with Gasteiger partial charge in [-0.1, -0.05) is 49.4 Å². The van der Waals surface area contributed by atoms with Gasteiger partial charge in [0.1, 0.15) is 6.04 Å². The van der Waals surface area contributed by atoms with E-state index in [1.54, 1.807) is 0 Å². The van der Waals surface area contributed by atoms with Crippen molar-refractivity contribution >= 4 is 16.7 Å². The zero-order chi connectivity index (χ0) is 13.0. The molecule has 2 rings (SSSR count). The predicted octanol–water partition coefficient (Wildman–Crippen LogP) is 2.45. The molecule has 0 fully saturated rings. The molecule has 0 saturated carbocycles. The van der Waals surface area contributed by atoms with Gasteiger partial charge in [0.05, 0.1) is 0 Å². The van der Waals surface area contributed by atoms with Crippen molar-refractivity contribution in [3.8, 4) is 0 Å². The van der Waals surface area contributed by atoms with Crippen molar-refractivity contribution < 1.29 is 9.90 Å². The van der Waals surface area contributed by atoms with Gasteiger partial charge >= 0.3 is 5.97 Å². The van der Waals surface area contributed by atoms with E-state index >= 15 is 0 Å². The van der Waals surface area contributed by atoms with Crippen molar-refractivity contribution in [1.29, 1.82) is 0 Å². The van der Waals surface area contributed by atoms with Gasteiger partial charge in [-0.05, 0) is 29.3 Å². The van der Waals surface area contributed by atoms with Crippen molar-refractivity contribution in [1.82, 2.24) is 5.32 Å². The summed E-state index contributed by atoms with van der Waals surface area (Å²) in [5.74, 6) is -0.801. The Morgan fingerprint density at radius 3 is 2.67 bits per heavy atom. The molecule has 3 nitrogen and oxygen atoms in total. The quantitative estimate of drug-likeness (QED) is 0.848. The van der Waals surface area contributed by atoms with Crippen LogP contribution in [0.3, 0.4) is 0 Å². The Kier molecular flexibility index (Phi) is 3.95. The summed E-state index contributed by atoms with van der Waals surface area (Å²) in [5.41, 5.74) is 1.07. The molecular formula is C15H17NO2. The topological polar surface area (TPSA) is 49.3 Å². The van der Waals surface area contributed by atoms with E-state index in [1.807, 2.05) is 49.4 Å². The van der Waals surface area contributed by atoms with E-state index in [1.165, 1.54) is 0 Å². The average molecular weight is 243 g/mol. The number of carbonyl (C=O) groups is 1. The summed E-state index contributed by atoms with van der Waals surface area (Å²) >= 11 is 0. The lowest BCUT2D eigenvalue weighted by Gasteiger charge is -2.14. The molecule has 0 aliphatic rings. The maximum absolute atomic E-state index is 11.2. The molecule has 0 unspecified atom stereocenters. The van der Waals surface area contributed by atoms with Crippen molar-refractivity contribution in [3.63, 3.8) is 0 Å². The van der Waals surface area contributed by atoms with Crippen molar-refractivity contribution in [2.75, 3.05) is 6.54 Å². The van der Waals surface area contributed by atoms with E-state index in [0.717, 1.165) is 16.3 Å². The lowest BCUT2D eigenvalue weighted by atomic mass is 9.99. The Hall–Kier alpha value is -1.87. The second-order valence-electron chi connectivity index (χ2n) is 4.29. The number of aliphatic carboxylic acids is 1. The fourth-order valence-corrected chi connectivity index (χ4v) is 2.18. The Bertz CT molecular complexity index is 546. The zero-order valence-electron chi connectivity index (χ0n) is 10.4. The number of hydrogen-bond donors (Lipinski definition) is 2. The summed E-state index contributed by atoms with van der Waals surface area (Å²) in [6.07, 6.45) is 0.504. The van der Waals surface area contributed by atoms with Gasteiger partial charge in [-0.15, -0.1) is 0 Å². The lowest BCUT2D eigenvalue weighted by Crippen LogP contribution is -2.38. The van der Waals surface area contributed by atoms with Gasteiger partial charge in [0.25, 0.3) is 0 Å². The summed E-state index contributed by atoms with van der Waals surface area (Å²) in [4.78, 5) is 11.2. The van der Waals surface area contributed by atoms with E-state index in [4.69, 9.17) is 0 Å². The number of rotatable bonds is 5. The maximum Gasteiger partial charge on any atom is 0.321 e. The van der Waals surface area contributed by atoms with E-state index < -0.39 is 12.0 Å². The maximum atomic E-state index is 11.2. The lowest BCUT2D eigenvalue weighted by molar-refractivity contribution is -0.139. The van der Waals surface area contributed by atoms with Crippen LogP contribution < -0.4 is 5.32 Å². The monoisotopic (exact) mass is 243 g/mol. The van der Waals surface area contributed by atoms with Crippen LogP contribution in [-0.2, 0) is 11.2 Å². The second kappa shape index (κ2) is 5.65. The first-order chi connectivity index (χ1) is 8.72. The number of nitrogens with one attached hydrogen (secondary N) is 1. The fraction of sp³-hybridized carbons (Fsp3) is 0.267. The first kappa shape index (κ1) is 12.6. The Morgan fingerprint density at radius 2 is 1.94 bits per heavy atom. The highest BCUT2D eigenvalue weighted by Gasteiger charge is 2.17. The minimum absolute atomic E-state index is 0.504. The largest absolute Gasteiger partial charge is 0.480 e. The first-order valence-corrected chi connectivity index (χ1v) is 6.15. The van der Waals surface area contributed by atoms with E-state index in [2.05, 4.69) is 5.32 Å². The van der Waals surface area contributed by atoms with Gasteiger partial charge in [0.2, 0.25) is 0 Å². The van der Waals surface area contributed by atoms with Crippen LogP contribution in [-0.4, -0.2) is 23.7 Å². The highest BCUT2D eigenvalue weighted by Crippen LogP contribution is 2.19. The van der Waals surface area contributed by atoms with Gasteiger partial charge in [0.15, 0.2) is 0 Å². The molecule has 0 radical (unpaired) electrons. The normalized spacial score (nSPS) is 12.5. The third-order valence-corrected chi connectivity index (χ3v) is 3.05. The van der Waals surface area contributed by atoms with Gasteiger partial charge < -0.3 is 10.4 Å². The highest BCUT2D eigenvalue weighted by molar-refractivity contribution is 5.86. The van der Waals surface area contributed by atoms with Crippen LogP contribution in [0.25, 0.3) is 10.8 Å². The second-order valence-corrected chi connectivity index (χ2v) is 4.29. The fourth-order valence-electron chi connectivity index (χ4n) is 2.18. The van der Waals surface area contributed by atoms with Crippen molar-refractivity contribution in [3.05, 3.63) is 48.0 Å². The molecule has 1 atom stereocenters. The Morgan fingerprint density at radius 1 is 1.22 bits per heavy atom. The molecule has 3 heteroatoms. The summed E-state index contributed by atoms with van der Waals surface area (Å²) < 4.78 is 0. The molecule has 0 aromatic heterocycles. The minimum Gasteiger partial charge on any atom is -0.480 e. The Balaban J connectivity index is 2.33. The molecule has 0 heterocycles. The molecule has 0 amide bonds. The summed E-state index contributed by atoms with van der Waals surface area (Å²) in [7, 11) is 0. The van der Waals surface area contributed by atoms with Crippen molar-refractivity contribution in [2.45, 2.75) is 19.4 Å². The van der Waals surface area contributed by atoms with E-state index in [0.29, 0.717) is 13.0 Å². The predicted molar refractivity (Wildman–Crippen MR) is 72.8 cm³/mol. The smallest absolute Gasteiger partial charge is 0.321 e. The van der Waals surface area contributed by atoms with Crippen LogP contribution in [0.15, 0.2) is 42.5 Å². The molecule has 0 aliphatic heterocycles. The SMILES string of the molecule is CCN[C@H](Cc1cccc2ccccc12)C(=O)O. The molecule has 18 heavy (non-hydrogen) atoms. The van der Waals surface area contributed by atoms with Crippen LogP contribution in [0.2, 0.25) is 0 Å². The van der Waals surface area contributed by atoms with Crippen LogP contribution in [0, 0.1) is 0 Å². The molecule has 0 aliphatic carbocycles. The van der Waals surface area contributed by atoms with Crippen molar-refractivity contribution in [2.24, 2.45) is 0 Å². The van der Waals surface area contributed by atoms with Crippen LogP contribution in [0.4, 0.5) is 0 Å². The van der Waals surface area contributed by atoms with Gasteiger partial charge in [-0.3, -0.25) is 4.79 Å². The third kappa shape index (κ3) is 2.68. The third-order valence-electron chi connectivity index (χ3n) is 3.05. The van der Waals surface area contributed by atoms with E-state index in [9.17, 15) is 9.90 Å². The first-order valence-electron chi connectivity index (χ1n) is 6.15. The van der Waals surface area contributed by atoms with Gasteiger partial charge in [0, 0.05) is 0 Å². The Labute approximate surface area is 106 Å². The summed E-state index contributed by atoms with van der Waals surface area (Å²) in [6.45, 7) is 2.57. The summed E-state index contributed by atoms with van der Waals surface area (Å²) in [5, 5.41) is 14.4. The number of carboxylic acids is 1. The van der Waals surface area contributed by atoms with Crippen LogP contribution in [0.1, 0.15) is 12.5 Å². The molecule has 2 aromatic rings. The van der Waals surface area contributed by atoms with Crippen LogP contribution in [0.5, 0.6) is 0 Å². The highest BCUT2D eigenvalue weighted by atomic mass is 16.4. The summed E-state index contributed by atoms with van der Waals surface area (Å²) in [6, 6.07) is 13.5. The molecule has 2 aromatic carbocycles. The standard InChI is InChI=1S/C15H17NO2/c1-2-16-14(15(17)18)10-12-8-5-7-11-6-3-4-9-13(11)12/h3-9,14,16H,2,10H2,1H3,(H,17,18)/t14-/m1/s1. The molecule has 2 N–H and O–H groups in total. The average Bonchev–Trinajstić information content (AvgIpc) is 2.38. The molecule has 0 saturated heterocycles. The number of benzene rings is 2. The van der Waals surface area contributed by atoms with Crippen LogP contribution >= 0.6 is 0 Å². The minimum atomic E-state index is -0.801.